The van der Waals surface area contributed by atoms with E-state index in [1.54, 1.807) is 24.5 Å². The number of hydrogen-bond acceptors (Lipinski definition) is 4. The number of nitrogens with zero attached hydrogens (tertiary/aromatic N) is 4. The molecule has 0 spiro atoms. The fourth-order valence-corrected chi connectivity index (χ4v) is 2.59. The van der Waals surface area contributed by atoms with Crippen LogP contribution in [0.2, 0.25) is 0 Å². The van der Waals surface area contributed by atoms with Gasteiger partial charge in [-0.2, -0.15) is 9.98 Å². The fraction of sp³-hybridized carbons (Fsp3) is 0. The van der Waals surface area contributed by atoms with Crippen LogP contribution in [0.5, 0.6) is 0 Å². The minimum atomic E-state index is 0.0558. The van der Waals surface area contributed by atoms with Crippen molar-refractivity contribution in [3.8, 4) is 11.3 Å². The van der Waals surface area contributed by atoms with Crippen molar-refractivity contribution < 1.29 is 0 Å². The molecule has 0 saturated heterocycles. The Kier molecular flexibility index (Phi) is 4.39. The van der Waals surface area contributed by atoms with Crippen LogP contribution in [-0.4, -0.2) is 21.8 Å². The van der Waals surface area contributed by atoms with Crippen molar-refractivity contribution in [1.82, 2.24) is 9.97 Å². The predicted octanol–water partition coefficient (Wildman–Crippen LogP) is 2.56. The smallest absolute Gasteiger partial charge is 0.224 e. The summed E-state index contributed by atoms with van der Waals surface area (Å²) in [5, 5.41) is 2.46. The lowest BCUT2D eigenvalue weighted by Crippen LogP contribution is -2.19. The van der Waals surface area contributed by atoms with Crippen molar-refractivity contribution in [1.29, 1.82) is 0 Å². The monoisotopic (exact) mass is 322 g/mol. The Hall–Kier alpha value is -3.06. The minimum Gasteiger partial charge on any atom is -0.383 e. The third-order valence-corrected chi connectivity index (χ3v) is 3.70. The van der Waals surface area contributed by atoms with E-state index < -0.39 is 0 Å². The van der Waals surface area contributed by atoms with Gasteiger partial charge in [-0.15, -0.1) is 11.3 Å². The predicted molar refractivity (Wildman–Crippen MR) is 93.8 cm³/mol. The molecule has 0 aliphatic carbocycles. The second-order valence-corrected chi connectivity index (χ2v) is 5.43. The highest BCUT2D eigenvalue weighted by Crippen LogP contribution is 2.26. The van der Waals surface area contributed by atoms with Gasteiger partial charge in [-0.25, -0.2) is 4.98 Å². The zero-order chi connectivity index (χ0) is 16.1. The summed E-state index contributed by atoms with van der Waals surface area (Å²) in [6.45, 7) is 0. The quantitative estimate of drug-likeness (QED) is 0.571. The highest BCUT2D eigenvalue weighted by molar-refractivity contribution is 7.13. The first-order valence-corrected chi connectivity index (χ1v) is 7.70. The molecule has 0 unspecified atom stereocenters. The van der Waals surface area contributed by atoms with Gasteiger partial charge in [-0.3, -0.25) is 4.98 Å². The lowest BCUT2D eigenvalue weighted by Gasteiger charge is -1.98. The molecule has 6 nitrogen and oxygen atoms in total. The average molecular weight is 322 g/mol. The molecule has 0 aliphatic heterocycles. The van der Waals surface area contributed by atoms with E-state index in [-0.39, 0.29) is 11.8 Å². The number of benzene rings is 1. The van der Waals surface area contributed by atoms with Crippen LogP contribution in [0.1, 0.15) is 5.56 Å². The van der Waals surface area contributed by atoms with Gasteiger partial charge in [-0.05, 0) is 12.1 Å². The molecule has 0 aliphatic rings. The van der Waals surface area contributed by atoms with Crippen molar-refractivity contribution in [2.45, 2.75) is 0 Å². The van der Waals surface area contributed by atoms with Crippen LogP contribution in [0.15, 0.2) is 70.2 Å². The number of pyridine rings is 1. The van der Waals surface area contributed by atoms with Crippen LogP contribution < -0.4 is 11.5 Å². The molecule has 0 amide bonds. The summed E-state index contributed by atoms with van der Waals surface area (Å²) in [4.78, 5) is 16.7. The number of amidine groups is 1. The van der Waals surface area contributed by atoms with Crippen LogP contribution in [0.4, 0.5) is 5.13 Å². The normalized spacial score (nSPS) is 12.3. The van der Waals surface area contributed by atoms with E-state index in [2.05, 4.69) is 20.0 Å². The number of nitrogens with two attached hydrogens (primary N) is 2. The topological polar surface area (TPSA) is 103 Å². The second kappa shape index (κ2) is 6.80. The van der Waals surface area contributed by atoms with Crippen LogP contribution >= 0.6 is 11.3 Å². The molecule has 3 rings (SSSR count). The number of guanidine groups is 1. The first-order valence-electron chi connectivity index (χ1n) is 6.82. The van der Waals surface area contributed by atoms with E-state index in [9.17, 15) is 0 Å². The summed E-state index contributed by atoms with van der Waals surface area (Å²) in [5.41, 5.74) is 14.3. The van der Waals surface area contributed by atoms with Crippen LogP contribution in [-0.2, 0) is 0 Å². The Morgan fingerprint density at radius 2 is 1.87 bits per heavy atom. The Morgan fingerprint density at radius 3 is 2.61 bits per heavy atom. The third kappa shape index (κ3) is 3.78. The number of aliphatic imine (C=N–C) groups is 2. The molecule has 7 heteroatoms. The lowest BCUT2D eigenvalue weighted by molar-refractivity contribution is 1.30. The Bertz CT molecular complexity index is 839. The molecule has 3 aromatic rings. The van der Waals surface area contributed by atoms with Crippen molar-refractivity contribution >= 4 is 28.3 Å². The summed E-state index contributed by atoms with van der Waals surface area (Å²) in [6.07, 6.45) is 3.28. The van der Waals surface area contributed by atoms with Crippen molar-refractivity contribution in [2.24, 2.45) is 21.5 Å². The van der Waals surface area contributed by atoms with Gasteiger partial charge in [0.2, 0.25) is 11.1 Å². The van der Waals surface area contributed by atoms with Crippen molar-refractivity contribution in [2.75, 3.05) is 0 Å². The van der Waals surface area contributed by atoms with E-state index in [0.29, 0.717) is 10.7 Å². The highest BCUT2D eigenvalue weighted by atomic mass is 32.1. The molecule has 0 fully saturated rings. The Labute approximate surface area is 137 Å². The first kappa shape index (κ1) is 14.9. The molecule has 0 saturated carbocycles. The van der Waals surface area contributed by atoms with Crippen LogP contribution in [0.25, 0.3) is 11.3 Å². The molecule has 0 atom stereocenters. The maximum absolute atomic E-state index is 5.88. The maximum atomic E-state index is 5.88. The molecule has 23 heavy (non-hydrogen) atoms. The average Bonchev–Trinajstić information content (AvgIpc) is 3.04. The molecule has 1 aromatic carbocycles. The number of rotatable bonds is 3. The molecular formula is C16H14N6S. The minimum absolute atomic E-state index is 0.0558. The van der Waals surface area contributed by atoms with Gasteiger partial charge >= 0.3 is 0 Å². The van der Waals surface area contributed by atoms with Gasteiger partial charge in [0.05, 0.1) is 5.69 Å². The summed E-state index contributed by atoms with van der Waals surface area (Å²) in [7, 11) is 0. The zero-order valence-corrected chi connectivity index (χ0v) is 12.9. The molecule has 0 bridgehead atoms. The van der Waals surface area contributed by atoms with Gasteiger partial charge < -0.3 is 11.5 Å². The highest BCUT2D eigenvalue weighted by Gasteiger charge is 2.04. The van der Waals surface area contributed by atoms with Gasteiger partial charge in [-0.1, -0.05) is 30.3 Å². The van der Waals surface area contributed by atoms with Crippen molar-refractivity contribution in [3.63, 3.8) is 0 Å². The SMILES string of the molecule is NC(=Nc1nc(-c2ccccc2)cs1)N=C(N)c1cccnc1. The van der Waals surface area contributed by atoms with E-state index in [4.69, 9.17) is 11.5 Å². The molecule has 2 aromatic heterocycles. The second-order valence-electron chi connectivity index (χ2n) is 4.59. The maximum Gasteiger partial charge on any atom is 0.224 e. The number of aromatic nitrogens is 2. The van der Waals surface area contributed by atoms with E-state index in [1.807, 2.05) is 35.7 Å². The zero-order valence-electron chi connectivity index (χ0n) is 12.1. The Morgan fingerprint density at radius 1 is 1.04 bits per heavy atom. The largest absolute Gasteiger partial charge is 0.383 e. The van der Waals surface area contributed by atoms with Gasteiger partial charge in [0.1, 0.15) is 5.84 Å². The van der Waals surface area contributed by atoms with Gasteiger partial charge in [0.15, 0.2) is 0 Å². The Balaban J connectivity index is 1.80. The fourth-order valence-electron chi connectivity index (χ4n) is 1.88. The molecule has 114 valence electrons. The summed E-state index contributed by atoms with van der Waals surface area (Å²) < 4.78 is 0. The summed E-state index contributed by atoms with van der Waals surface area (Å²) >= 11 is 1.39. The number of hydrogen-bond donors (Lipinski definition) is 2. The van der Waals surface area contributed by atoms with E-state index in [0.717, 1.165) is 11.3 Å². The summed E-state index contributed by atoms with van der Waals surface area (Å²) in [6, 6.07) is 13.4. The van der Waals surface area contributed by atoms with E-state index in [1.165, 1.54) is 11.3 Å². The van der Waals surface area contributed by atoms with E-state index >= 15 is 0 Å². The molecule has 2 heterocycles. The summed E-state index contributed by atoms with van der Waals surface area (Å²) in [5.74, 6) is 0.319. The standard InChI is InChI=1S/C16H14N6S/c17-14(12-7-4-8-19-9-12)21-15(18)22-16-20-13(10-23-16)11-5-2-1-3-6-11/h1-10H,(H4,17,18,20,21,22). The van der Waals surface area contributed by atoms with Crippen LogP contribution in [0.3, 0.4) is 0 Å². The van der Waals surface area contributed by atoms with Gasteiger partial charge in [0.25, 0.3) is 0 Å². The van der Waals surface area contributed by atoms with Crippen molar-refractivity contribution in [3.05, 3.63) is 65.8 Å². The molecular weight excluding hydrogens is 308 g/mol. The lowest BCUT2D eigenvalue weighted by atomic mass is 10.2. The molecule has 0 radical (unpaired) electrons. The third-order valence-electron chi connectivity index (χ3n) is 2.96. The molecule has 4 N–H and O–H groups in total. The first-order chi connectivity index (χ1) is 11.2. The van der Waals surface area contributed by atoms with Gasteiger partial charge in [0, 0.05) is 28.9 Å². The van der Waals surface area contributed by atoms with Crippen LogP contribution in [0, 0.1) is 0 Å². The number of thiazole rings is 1.